The number of nitrogens with zero attached hydrogens (tertiary/aromatic N) is 1. The molecule has 3 nitrogen and oxygen atoms in total. The number of hydrogen-bond donors (Lipinski definition) is 0. The van der Waals surface area contributed by atoms with Crippen molar-refractivity contribution in [3.63, 3.8) is 0 Å². The van der Waals surface area contributed by atoms with Crippen molar-refractivity contribution in [2.24, 2.45) is 5.16 Å². The Morgan fingerprint density at radius 2 is 1.70 bits per heavy atom. The van der Waals surface area contributed by atoms with Crippen LogP contribution in [0, 0.1) is 0 Å². The largest absolute Gasteiger partial charge is 0.276 e. The molecule has 0 saturated carbocycles. The first-order valence-electron chi connectivity index (χ1n) is 2.84. The van der Waals surface area contributed by atoms with Gasteiger partial charge in [0.2, 0.25) is 0 Å². The summed E-state index contributed by atoms with van der Waals surface area (Å²) in [4.78, 5) is 8.75. The Bertz CT molecular complexity index is 170. The van der Waals surface area contributed by atoms with E-state index in [-0.39, 0.29) is 0 Å². The Morgan fingerprint density at radius 3 is 2.70 bits per heavy atom. The first-order valence-corrected chi connectivity index (χ1v) is 2.84. The molecule has 0 atom stereocenters. The first-order chi connectivity index (χ1) is 5.00. The molecule has 0 unspecified atom stereocenters. The average molecular weight is 137 g/mol. The summed E-state index contributed by atoms with van der Waals surface area (Å²) >= 11 is 0. The van der Waals surface area contributed by atoms with Crippen LogP contribution in [0.15, 0.2) is 41.8 Å². The summed E-state index contributed by atoms with van der Waals surface area (Å²) in [6.45, 7) is 0. The summed E-state index contributed by atoms with van der Waals surface area (Å²) < 4.78 is 0. The Morgan fingerprint density at radius 1 is 0.900 bits per heavy atom. The molecule has 52 valence electrons. The maximum absolute atomic E-state index is 4.45. The Balaban J connectivity index is 2.53. The van der Waals surface area contributed by atoms with E-state index in [1.807, 2.05) is 18.2 Å². The number of oxime groups is 1. The quantitative estimate of drug-likeness (QED) is 0.474. The van der Waals surface area contributed by atoms with Crippen LogP contribution in [0.1, 0.15) is 0 Å². The molecular formula is C7H7NO2. The first kappa shape index (κ1) is 6.61. The van der Waals surface area contributed by atoms with Gasteiger partial charge in [-0.3, -0.25) is 4.89 Å². The standard InChI is InChI=1S/C7H7NO2/c1-2-4-6-8-10-9-7-5-3-1/h1-7H/b3-1?,4-2?,7-5+,8-6+. The van der Waals surface area contributed by atoms with Gasteiger partial charge in [-0.05, 0) is 17.3 Å². The Labute approximate surface area is 58.9 Å². The molecule has 0 saturated heterocycles. The van der Waals surface area contributed by atoms with Gasteiger partial charge in [0.1, 0.15) is 6.26 Å². The molecule has 0 N–H and O–H groups in total. The van der Waals surface area contributed by atoms with Gasteiger partial charge in [-0.15, -0.1) is 0 Å². The van der Waals surface area contributed by atoms with Gasteiger partial charge in [-0.25, -0.2) is 0 Å². The van der Waals surface area contributed by atoms with Gasteiger partial charge < -0.3 is 0 Å². The number of hydrogen-bond acceptors (Lipinski definition) is 3. The molecule has 10 heavy (non-hydrogen) atoms. The summed E-state index contributed by atoms with van der Waals surface area (Å²) in [6.07, 6.45) is 11.8. The van der Waals surface area contributed by atoms with Gasteiger partial charge in [-0.1, -0.05) is 18.2 Å². The summed E-state index contributed by atoms with van der Waals surface area (Å²) in [5.74, 6) is 0. The zero-order valence-electron chi connectivity index (χ0n) is 5.31. The normalized spacial score (nSPS) is 22.4. The fourth-order valence-electron chi connectivity index (χ4n) is 0.429. The second kappa shape index (κ2) is 4.38. The maximum Gasteiger partial charge on any atom is 0.145 e. The van der Waals surface area contributed by atoms with E-state index in [1.54, 1.807) is 12.2 Å². The van der Waals surface area contributed by atoms with Crippen LogP contribution in [0.5, 0.6) is 0 Å². The predicted molar refractivity (Wildman–Crippen MR) is 38.1 cm³/mol. The molecule has 0 spiro atoms. The molecule has 0 aromatic carbocycles. The van der Waals surface area contributed by atoms with Gasteiger partial charge in [0.05, 0.1) is 6.21 Å². The lowest BCUT2D eigenvalue weighted by molar-refractivity contribution is -0.248. The van der Waals surface area contributed by atoms with E-state index in [1.165, 1.54) is 12.5 Å². The lowest BCUT2D eigenvalue weighted by Gasteiger charge is -1.89. The third-order valence-corrected chi connectivity index (χ3v) is 0.812. The second-order valence-electron chi connectivity index (χ2n) is 1.52. The van der Waals surface area contributed by atoms with E-state index >= 15 is 0 Å². The van der Waals surface area contributed by atoms with Crippen LogP contribution in [0.3, 0.4) is 0 Å². The summed E-state index contributed by atoms with van der Waals surface area (Å²) in [5, 5.41) is 3.41. The molecule has 3 heteroatoms. The highest BCUT2D eigenvalue weighted by molar-refractivity contribution is 5.70. The fraction of sp³-hybridized carbons (Fsp3) is 0. The van der Waals surface area contributed by atoms with Crippen LogP contribution < -0.4 is 0 Å². The van der Waals surface area contributed by atoms with Crippen molar-refractivity contribution in [2.75, 3.05) is 0 Å². The lowest BCUT2D eigenvalue weighted by atomic mass is 10.4. The van der Waals surface area contributed by atoms with E-state index in [0.29, 0.717) is 0 Å². The highest BCUT2D eigenvalue weighted by Gasteiger charge is 1.73. The van der Waals surface area contributed by atoms with Crippen molar-refractivity contribution in [1.82, 2.24) is 0 Å². The number of allylic oxidation sites excluding steroid dienone is 5. The molecular weight excluding hydrogens is 130 g/mol. The minimum atomic E-state index is 1.40. The van der Waals surface area contributed by atoms with Gasteiger partial charge in [0.25, 0.3) is 0 Å². The maximum atomic E-state index is 4.45. The minimum Gasteiger partial charge on any atom is -0.276 e. The van der Waals surface area contributed by atoms with E-state index in [0.717, 1.165) is 0 Å². The van der Waals surface area contributed by atoms with Crippen molar-refractivity contribution < 1.29 is 9.88 Å². The zero-order chi connectivity index (χ0) is 7.07. The van der Waals surface area contributed by atoms with Gasteiger partial charge in [-0.2, -0.15) is 4.99 Å². The average Bonchev–Trinajstić information content (AvgIpc) is 2.01. The van der Waals surface area contributed by atoms with Crippen LogP contribution in [0.4, 0.5) is 0 Å². The number of rotatable bonds is 0. The minimum absolute atomic E-state index is 1.40. The molecule has 0 aromatic rings. The topological polar surface area (TPSA) is 30.8 Å². The lowest BCUT2D eigenvalue weighted by Crippen LogP contribution is -1.77. The highest BCUT2D eigenvalue weighted by Crippen LogP contribution is 1.86. The van der Waals surface area contributed by atoms with Crippen molar-refractivity contribution in [2.45, 2.75) is 0 Å². The van der Waals surface area contributed by atoms with E-state index in [2.05, 4.69) is 15.0 Å². The smallest absolute Gasteiger partial charge is 0.145 e. The van der Waals surface area contributed by atoms with Crippen molar-refractivity contribution in [1.29, 1.82) is 0 Å². The Hall–Kier alpha value is -1.51. The molecule has 1 aliphatic rings. The van der Waals surface area contributed by atoms with Crippen LogP contribution in [0.25, 0.3) is 0 Å². The van der Waals surface area contributed by atoms with Gasteiger partial charge in [0, 0.05) is 0 Å². The molecule has 0 radical (unpaired) electrons. The molecule has 1 aliphatic heterocycles. The second-order valence-corrected chi connectivity index (χ2v) is 1.52. The third-order valence-electron chi connectivity index (χ3n) is 0.812. The van der Waals surface area contributed by atoms with Gasteiger partial charge in [0.15, 0.2) is 0 Å². The van der Waals surface area contributed by atoms with E-state index < -0.39 is 0 Å². The van der Waals surface area contributed by atoms with Crippen LogP contribution >= 0.6 is 0 Å². The van der Waals surface area contributed by atoms with E-state index in [9.17, 15) is 0 Å². The van der Waals surface area contributed by atoms with Crippen LogP contribution in [-0.2, 0) is 9.88 Å². The molecule has 0 bridgehead atoms. The van der Waals surface area contributed by atoms with Crippen LogP contribution in [0.2, 0.25) is 0 Å². The van der Waals surface area contributed by atoms with E-state index in [4.69, 9.17) is 0 Å². The SMILES string of the molecule is C1=C/C=C/OO/N=C/C=C1. The molecule has 0 aromatic heterocycles. The Kier molecular flexibility index (Phi) is 2.89. The molecule has 0 amide bonds. The predicted octanol–water partition coefficient (Wildman–Crippen LogP) is 1.56. The van der Waals surface area contributed by atoms with Crippen molar-refractivity contribution in [3.05, 3.63) is 36.6 Å². The summed E-state index contributed by atoms with van der Waals surface area (Å²) in [6, 6.07) is 0. The molecule has 1 rings (SSSR count). The highest BCUT2D eigenvalue weighted by atomic mass is 17.3. The third kappa shape index (κ3) is 2.71. The fourth-order valence-corrected chi connectivity index (χ4v) is 0.429. The summed E-state index contributed by atoms with van der Waals surface area (Å²) in [7, 11) is 0. The van der Waals surface area contributed by atoms with Crippen molar-refractivity contribution in [3.8, 4) is 0 Å². The monoisotopic (exact) mass is 137 g/mol. The van der Waals surface area contributed by atoms with Gasteiger partial charge >= 0.3 is 0 Å². The molecule has 0 aliphatic carbocycles. The molecule has 0 fully saturated rings. The van der Waals surface area contributed by atoms with Crippen molar-refractivity contribution >= 4 is 6.21 Å². The molecule has 1 heterocycles. The van der Waals surface area contributed by atoms with Crippen LogP contribution in [-0.4, -0.2) is 6.21 Å². The zero-order valence-corrected chi connectivity index (χ0v) is 5.31. The summed E-state index contributed by atoms with van der Waals surface area (Å²) in [5.41, 5.74) is 0.